The molecule has 11 heteroatoms. The number of carbonyl (C=O) groups excluding carboxylic acids is 2. The van der Waals surface area contributed by atoms with Crippen LogP contribution in [-0.4, -0.2) is 88.4 Å². The summed E-state index contributed by atoms with van der Waals surface area (Å²) in [5.74, 6) is -2.56. The van der Waals surface area contributed by atoms with Crippen molar-refractivity contribution in [1.29, 1.82) is 0 Å². The topological polar surface area (TPSA) is 169 Å². The highest BCUT2D eigenvalue weighted by Gasteiger charge is 2.47. The number of carbonyl (C=O) groups is 3. The summed E-state index contributed by atoms with van der Waals surface area (Å²) < 4.78 is 21.6. The fourth-order valence-electron chi connectivity index (χ4n) is 6.32. The molecule has 1 aliphatic rings. The van der Waals surface area contributed by atoms with Crippen LogP contribution in [0.3, 0.4) is 0 Å². The van der Waals surface area contributed by atoms with Gasteiger partial charge in [-0.25, -0.2) is 4.79 Å². The summed E-state index contributed by atoms with van der Waals surface area (Å²) in [7, 11) is 0. The Morgan fingerprint density at radius 1 is 0.542 bits per heavy atom. The van der Waals surface area contributed by atoms with Gasteiger partial charge in [-0.2, -0.15) is 0 Å². The Balaban J connectivity index is 2.43. The second-order valence-electron chi connectivity index (χ2n) is 15.2. The minimum Gasteiger partial charge on any atom is -0.479 e. The van der Waals surface area contributed by atoms with Gasteiger partial charge in [-0.3, -0.25) is 9.59 Å². The molecule has 0 spiro atoms. The molecule has 11 nitrogen and oxygen atoms in total. The Bertz CT molecular complexity index is 1250. The number of esters is 2. The van der Waals surface area contributed by atoms with Crippen molar-refractivity contribution in [2.24, 2.45) is 0 Å². The van der Waals surface area contributed by atoms with E-state index < -0.39 is 61.3 Å². The lowest BCUT2D eigenvalue weighted by Crippen LogP contribution is -2.60. The Morgan fingerprint density at radius 3 is 1.47 bits per heavy atom. The Morgan fingerprint density at radius 2 is 1.00 bits per heavy atom. The van der Waals surface area contributed by atoms with Gasteiger partial charge in [-0.05, 0) is 51.4 Å². The van der Waals surface area contributed by atoms with Gasteiger partial charge in [0.2, 0.25) is 0 Å². The molecule has 4 N–H and O–H groups in total. The maximum Gasteiger partial charge on any atom is 0.335 e. The standard InChI is InChI=1S/C48H78O11/c1-3-5-7-9-11-13-15-17-19-20-21-22-23-25-26-28-30-32-34-36-41(49)56-38-40(39-57-48-45(53)43(51)44(52)46(59-48)47(54)55)58-42(50)37-35-33-31-29-27-24-18-16-14-12-10-8-6-4-2/h5,7,11,13,17,19,21-22,25-26,30,32,40,43-46,48,51-53H,3-4,6,8-10,12,14-16,18,20,23-24,27-29,31,33-39H2,1-2H3,(H,54,55)/b7-5-,13-11-,19-17-,22-21-,26-25-,32-30-. The van der Waals surface area contributed by atoms with Crippen LogP contribution in [0.1, 0.15) is 162 Å². The summed E-state index contributed by atoms with van der Waals surface area (Å²) in [4.78, 5) is 36.8. The monoisotopic (exact) mass is 831 g/mol. The molecule has 336 valence electrons. The predicted molar refractivity (Wildman–Crippen MR) is 233 cm³/mol. The molecule has 0 aromatic carbocycles. The van der Waals surface area contributed by atoms with E-state index in [9.17, 15) is 34.8 Å². The zero-order chi connectivity index (χ0) is 43.2. The molecular weight excluding hydrogens is 753 g/mol. The van der Waals surface area contributed by atoms with Crippen LogP contribution in [0, 0.1) is 0 Å². The first-order valence-electron chi connectivity index (χ1n) is 22.5. The zero-order valence-electron chi connectivity index (χ0n) is 36.2. The Hall–Kier alpha value is -3.35. The summed E-state index contributed by atoms with van der Waals surface area (Å²) in [5, 5.41) is 39.8. The van der Waals surface area contributed by atoms with Crippen molar-refractivity contribution in [3.8, 4) is 0 Å². The normalized spacial score (nSPS) is 20.6. The van der Waals surface area contributed by atoms with Gasteiger partial charge < -0.3 is 39.4 Å². The van der Waals surface area contributed by atoms with Crippen LogP contribution in [0.4, 0.5) is 0 Å². The minimum atomic E-state index is -1.87. The first-order valence-corrected chi connectivity index (χ1v) is 22.5. The smallest absolute Gasteiger partial charge is 0.335 e. The molecular formula is C48H78O11. The van der Waals surface area contributed by atoms with E-state index in [0.29, 0.717) is 12.8 Å². The number of hydrogen-bond acceptors (Lipinski definition) is 10. The lowest BCUT2D eigenvalue weighted by Gasteiger charge is -2.38. The van der Waals surface area contributed by atoms with Gasteiger partial charge in [-0.15, -0.1) is 0 Å². The molecule has 1 aliphatic heterocycles. The molecule has 1 fully saturated rings. The number of rotatable bonds is 36. The van der Waals surface area contributed by atoms with Crippen molar-refractivity contribution in [3.05, 3.63) is 72.9 Å². The zero-order valence-corrected chi connectivity index (χ0v) is 36.2. The van der Waals surface area contributed by atoms with Crippen LogP contribution >= 0.6 is 0 Å². The van der Waals surface area contributed by atoms with Crippen LogP contribution in [-0.2, 0) is 33.3 Å². The summed E-state index contributed by atoms with van der Waals surface area (Å²) in [6.45, 7) is 3.62. The predicted octanol–water partition coefficient (Wildman–Crippen LogP) is 9.70. The SMILES string of the molecule is CC/C=C\C/C=C\C/C=C\C/C=C\C/C=C\C/C=C\CCC(=O)OCC(COC1OC(C(=O)O)C(O)C(O)C1O)OC(=O)CCCCCCCCCCCCCCCC. The first-order chi connectivity index (χ1) is 28.7. The third-order valence-electron chi connectivity index (χ3n) is 9.83. The molecule has 1 saturated heterocycles. The molecule has 1 heterocycles. The van der Waals surface area contributed by atoms with Gasteiger partial charge in [0.1, 0.15) is 24.9 Å². The number of allylic oxidation sites excluding steroid dienone is 12. The van der Waals surface area contributed by atoms with Crippen molar-refractivity contribution in [2.75, 3.05) is 13.2 Å². The van der Waals surface area contributed by atoms with Crippen LogP contribution < -0.4 is 0 Å². The number of aliphatic hydroxyl groups is 3. The van der Waals surface area contributed by atoms with Gasteiger partial charge >= 0.3 is 17.9 Å². The molecule has 0 radical (unpaired) electrons. The van der Waals surface area contributed by atoms with Gasteiger partial charge in [0.05, 0.1) is 6.61 Å². The average Bonchev–Trinajstić information content (AvgIpc) is 3.22. The van der Waals surface area contributed by atoms with E-state index in [-0.39, 0.29) is 19.4 Å². The van der Waals surface area contributed by atoms with E-state index in [4.69, 9.17) is 18.9 Å². The van der Waals surface area contributed by atoms with Crippen molar-refractivity contribution in [2.45, 2.75) is 198 Å². The fourth-order valence-corrected chi connectivity index (χ4v) is 6.32. The first kappa shape index (κ1) is 53.7. The third-order valence-corrected chi connectivity index (χ3v) is 9.83. The van der Waals surface area contributed by atoms with Crippen molar-refractivity contribution >= 4 is 17.9 Å². The minimum absolute atomic E-state index is 0.109. The lowest BCUT2D eigenvalue weighted by atomic mass is 9.99. The molecule has 0 bridgehead atoms. The highest BCUT2D eigenvalue weighted by molar-refractivity contribution is 5.73. The molecule has 0 aliphatic carbocycles. The van der Waals surface area contributed by atoms with Crippen molar-refractivity contribution in [1.82, 2.24) is 0 Å². The number of aliphatic carboxylic acids is 1. The molecule has 59 heavy (non-hydrogen) atoms. The van der Waals surface area contributed by atoms with Crippen LogP contribution in [0.5, 0.6) is 0 Å². The molecule has 1 rings (SSSR count). The molecule has 6 unspecified atom stereocenters. The van der Waals surface area contributed by atoms with E-state index >= 15 is 0 Å². The van der Waals surface area contributed by atoms with Gasteiger partial charge in [0.15, 0.2) is 18.5 Å². The second kappa shape index (κ2) is 37.6. The fraction of sp³-hybridized carbons (Fsp3) is 0.688. The largest absolute Gasteiger partial charge is 0.479 e. The highest BCUT2D eigenvalue weighted by Crippen LogP contribution is 2.23. The average molecular weight is 831 g/mol. The Kier molecular flexibility index (Phi) is 34.2. The van der Waals surface area contributed by atoms with E-state index in [1.165, 1.54) is 64.2 Å². The van der Waals surface area contributed by atoms with Crippen molar-refractivity contribution in [3.63, 3.8) is 0 Å². The van der Waals surface area contributed by atoms with Gasteiger partial charge in [0, 0.05) is 12.8 Å². The van der Waals surface area contributed by atoms with Crippen LogP contribution in [0.15, 0.2) is 72.9 Å². The molecule has 0 aromatic heterocycles. The summed E-state index contributed by atoms with van der Waals surface area (Å²) in [5.41, 5.74) is 0. The maximum atomic E-state index is 12.8. The number of hydrogen-bond donors (Lipinski definition) is 4. The number of unbranched alkanes of at least 4 members (excludes halogenated alkanes) is 13. The van der Waals surface area contributed by atoms with E-state index in [1.54, 1.807) is 0 Å². The van der Waals surface area contributed by atoms with E-state index in [0.717, 1.165) is 57.8 Å². The lowest BCUT2D eigenvalue weighted by molar-refractivity contribution is -0.298. The van der Waals surface area contributed by atoms with Crippen LogP contribution in [0.25, 0.3) is 0 Å². The quantitative estimate of drug-likeness (QED) is 0.0269. The summed E-state index contributed by atoms with van der Waals surface area (Å²) in [6, 6.07) is 0. The highest BCUT2D eigenvalue weighted by atomic mass is 16.7. The number of aliphatic hydroxyl groups excluding tert-OH is 3. The number of carboxylic acids is 1. The molecule has 0 saturated carbocycles. The van der Waals surface area contributed by atoms with Crippen LogP contribution in [0.2, 0.25) is 0 Å². The van der Waals surface area contributed by atoms with Gasteiger partial charge in [-0.1, -0.05) is 170 Å². The summed E-state index contributed by atoms with van der Waals surface area (Å²) in [6.07, 6.45) is 38.2. The third kappa shape index (κ3) is 29.5. The van der Waals surface area contributed by atoms with E-state index in [2.05, 4.69) is 74.6 Å². The number of ether oxygens (including phenoxy) is 4. The summed E-state index contributed by atoms with van der Waals surface area (Å²) >= 11 is 0. The maximum absolute atomic E-state index is 12.8. The van der Waals surface area contributed by atoms with Crippen molar-refractivity contribution < 1.29 is 53.8 Å². The molecule has 0 aromatic rings. The van der Waals surface area contributed by atoms with Gasteiger partial charge in [0.25, 0.3) is 0 Å². The second-order valence-corrected chi connectivity index (χ2v) is 15.2. The number of carboxylic acid groups (broad SMARTS) is 1. The molecule has 0 amide bonds. The molecule has 6 atom stereocenters. The van der Waals surface area contributed by atoms with E-state index in [1.807, 2.05) is 12.2 Å². The Labute approximate surface area is 355 Å².